The molecule has 1 aromatic heterocycles. The van der Waals surface area contributed by atoms with E-state index in [2.05, 4.69) is 5.32 Å². The Morgan fingerprint density at radius 3 is 2.68 bits per heavy atom. The molecule has 6 nitrogen and oxygen atoms in total. The van der Waals surface area contributed by atoms with E-state index in [9.17, 15) is 14.7 Å². The molecule has 1 unspecified atom stereocenters. The van der Waals surface area contributed by atoms with E-state index < -0.39 is 17.4 Å². The highest BCUT2D eigenvalue weighted by Gasteiger charge is 2.35. The molecule has 1 atom stereocenters. The molecule has 0 aliphatic rings. The number of hydrogen-bond donors (Lipinski definition) is 2. The van der Waals surface area contributed by atoms with E-state index >= 15 is 0 Å². The number of amides is 1. The Morgan fingerprint density at radius 1 is 1.32 bits per heavy atom. The van der Waals surface area contributed by atoms with Crippen molar-refractivity contribution in [3.8, 4) is 11.1 Å². The van der Waals surface area contributed by atoms with Gasteiger partial charge >= 0.3 is 5.97 Å². The number of furan rings is 1. The van der Waals surface area contributed by atoms with Gasteiger partial charge in [0, 0.05) is 18.2 Å². The summed E-state index contributed by atoms with van der Waals surface area (Å²) >= 11 is 0. The molecule has 0 saturated carbocycles. The third-order valence-electron chi connectivity index (χ3n) is 3.27. The van der Waals surface area contributed by atoms with E-state index in [0.717, 1.165) is 11.1 Å². The average molecular weight is 303 g/mol. The number of ether oxygens (including phenoxy) is 1. The second-order valence-electron chi connectivity index (χ2n) is 5.12. The smallest absolute Gasteiger partial charge is 0.331 e. The van der Waals surface area contributed by atoms with Crippen LogP contribution >= 0.6 is 0 Å². The van der Waals surface area contributed by atoms with Crippen LogP contribution in [-0.4, -0.2) is 36.2 Å². The summed E-state index contributed by atoms with van der Waals surface area (Å²) in [5, 5.41) is 11.8. The summed E-state index contributed by atoms with van der Waals surface area (Å²) < 4.78 is 9.90. The highest BCUT2D eigenvalue weighted by Crippen LogP contribution is 2.21. The number of benzene rings is 1. The zero-order chi connectivity index (χ0) is 16.2. The number of nitrogens with one attached hydrogen (secondary N) is 1. The molecule has 2 rings (SSSR count). The quantitative estimate of drug-likeness (QED) is 0.853. The van der Waals surface area contributed by atoms with Crippen LogP contribution in [0.2, 0.25) is 0 Å². The van der Waals surface area contributed by atoms with Crippen LogP contribution in [0.25, 0.3) is 11.1 Å². The van der Waals surface area contributed by atoms with E-state index in [0.29, 0.717) is 5.56 Å². The van der Waals surface area contributed by atoms with Gasteiger partial charge in [-0.15, -0.1) is 0 Å². The number of hydrogen-bond acceptors (Lipinski definition) is 4. The first-order valence-electron chi connectivity index (χ1n) is 6.64. The van der Waals surface area contributed by atoms with Gasteiger partial charge in [-0.2, -0.15) is 0 Å². The van der Waals surface area contributed by atoms with Crippen LogP contribution in [0.1, 0.15) is 17.3 Å². The molecule has 2 N–H and O–H groups in total. The number of aliphatic carboxylic acids is 1. The van der Waals surface area contributed by atoms with Crippen molar-refractivity contribution >= 4 is 11.9 Å². The lowest BCUT2D eigenvalue weighted by molar-refractivity contribution is -0.145. The summed E-state index contributed by atoms with van der Waals surface area (Å²) in [6.07, 6.45) is 3.12. The molecule has 22 heavy (non-hydrogen) atoms. The molecule has 1 heterocycles. The van der Waals surface area contributed by atoms with Gasteiger partial charge in [0.2, 0.25) is 0 Å². The van der Waals surface area contributed by atoms with E-state index in [1.165, 1.54) is 14.0 Å². The SMILES string of the molecule is COCC(C)(NC(=O)c1cccc(-c2ccoc2)c1)C(=O)O. The molecule has 2 aromatic rings. The van der Waals surface area contributed by atoms with Crippen molar-refractivity contribution in [3.05, 3.63) is 48.4 Å². The predicted octanol–water partition coefficient (Wildman–Crippen LogP) is 2.17. The monoisotopic (exact) mass is 303 g/mol. The molecule has 6 heteroatoms. The minimum Gasteiger partial charge on any atom is -0.479 e. The molecule has 0 bridgehead atoms. The van der Waals surface area contributed by atoms with E-state index in [1.54, 1.807) is 36.8 Å². The Kier molecular flexibility index (Phi) is 4.62. The molecule has 1 amide bonds. The minimum absolute atomic E-state index is 0.129. The molecule has 0 spiro atoms. The lowest BCUT2D eigenvalue weighted by Crippen LogP contribution is -2.55. The van der Waals surface area contributed by atoms with Gasteiger partial charge in [-0.1, -0.05) is 12.1 Å². The van der Waals surface area contributed by atoms with Crippen molar-refractivity contribution in [1.29, 1.82) is 0 Å². The van der Waals surface area contributed by atoms with Crippen LogP contribution in [0.15, 0.2) is 47.3 Å². The molecule has 0 radical (unpaired) electrons. The maximum Gasteiger partial charge on any atom is 0.331 e. The lowest BCUT2D eigenvalue weighted by atomic mass is 10.0. The molecule has 0 fully saturated rings. The largest absolute Gasteiger partial charge is 0.479 e. The van der Waals surface area contributed by atoms with E-state index in [4.69, 9.17) is 9.15 Å². The van der Waals surface area contributed by atoms with Crippen LogP contribution in [0, 0.1) is 0 Å². The fraction of sp³-hybridized carbons (Fsp3) is 0.250. The molecule has 1 aromatic carbocycles. The maximum absolute atomic E-state index is 12.3. The van der Waals surface area contributed by atoms with Crippen LogP contribution in [0.3, 0.4) is 0 Å². The van der Waals surface area contributed by atoms with Gasteiger partial charge in [-0.25, -0.2) is 4.79 Å². The Bertz CT molecular complexity index is 665. The Hall–Kier alpha value is -2.60. The van der Waals surface area contributed by atoms with Gasteiger partial charge in [0.15, 0.2) is 5.54 Å². The number of carbonyl (C=O) groups excluding carboxylic acids is 1. The van der Waals surface area contributed by atoms with Gasteiger partial charge in [0.25, 0.3) is 5.91 Å². The minimum atomic E-state index is -1.49. The average Bonchev–Trinajstić information content (AvgIpc) is 3.01. The second-order valence-corrected chi connectivity index (χ2v) is 5.12. The summed E-state index contributed by atoms with van der Waals surface area (Å²) in [5.74, 6) is -1.64. The molecular formula is C16H17NO5. The lowest BCUT2D eigenvalue weighted by Gasteiger charge is -2.25. The molecule has 0 aliphatic heterocycles. The van der Waals surface area contributed by atoms with Crippen molar-refractivity contribution < 1.29 is 23.8 Å². The number of carbonyl (C=O) groups is 2. The van der Waals surface area contributed by atoms with Crippen LogP contribution in [-0.2, 0) is 9.53 Å². The van der Waals surface area contributed by atoms with Crippen molar-refractivity contribution in [1.82, 2.24) is 5.32 Å². The predicted molar refractivity (Wildman–Crippen MR) is 79.5 cm³/mol. The van der Waals surface area contributed by atoms with Gasteiger partial charge in [-0.05, 0) is 30.7 Å². The summed E-state index contributed by atoms with van der Waals surface area (Å²) in [5.41, 5.74) is 0.525. The van der Waals surface area contributed by atoms with Gasteiger partial charge in [-0.3, -0.25) is 4.79 Å². The topological polar surface area (TPSA) is 88.8 Å². The van der Waals surface area contributed by atoms with E-state index in [1.807, 2.05) is 6.07 Å². The Balaban J connectivity index is 2.23. The highest BCUT2D eigenvalue weighted by atomic mass is 16.5. The number of carboxylic acids is 1. The Labute approximate surface area is 127 Å². The zero-order valence-electron chi connectivity index (χ0n) is 12.3. The van der Waals surface area contributed by atoms with Crippen molar-refractivity contribution in [3.63, 3.8) is 0 Å². The highest BCUT2D eigenvalue weighted by molar-refractivity contribution is 5.98. The number of rotatable bonds is 6. The summed E-state index contributed by atoms with van der Waals surface area (Å²) in [6, 6.07) is 8.64. The van der Waals surface area contributed by atoms with Crippen LogP contribution in [0.4, 0.5) is 0 Å². The first kappa shape index (κ1) is 15.8. The fourth-order valence-corrected chi connectivity index (χ4v) is 2.03. The van der Waals surface area contributed by atoms with Crippen LogP contribution in [0.5, 0.6) is 0 Å². The van der Waals surface area contributed by atoms with Crippen LogP contribution < -0.4 is 5.32 Å². The first-order valence-corrected chi connectivity index (χ1v) is 6.64. The second kappa shape index (κ2) is 6.44. The third-order valence-corrected chi connectivity index (χ3v) is 3.27. The van der Waals surface area contributed by atoms with Crippen molar-refractivity contribution in [2.75, 3.05) is 13.7 Å². The summed E-state index contributed by atoms with van der Waals surface area (Å²) in [7, 11) is 1.38. The van der Waals surface area contributed by atoms with Gasteiger partial charge in [0.05, 0.1) is 19.1 Å². The van der Waals surface area contributed by atoms with Crippen molar-refractivity contribution in [2.24, 2.45) is 0 Å². The van der Waals surface area contributed by atoms with E-state index in [-0.39, 0.29) is 6.61 Å². The molecule has 0 aliphatic carbocycles. The molecular weight excluding hydrogens is 286 g/mol. The first-order chi connectivity index (χ1) is 10.5. The number of methoxy groups -OCH3 is 1. The summed E-state index contributed by atoms with van der Waals surface area (Å²) in [4.78, 5) is 23.6. The maximum atomic E-state index is 12.3. The molecule has 0 saturated heterocycles. The van der Waals surface area contributed by atoms with Gasteiger partial charge in [0.1, 0.15) is 0 Å². The van der Waals surface area contributed by atoms with Crippen molar-refractivity contribution in [2.45, 2.75) is 12.5 Å². The summed E-state index contributed by atoms with van der Waals surface area (Å²) in [6.45, 7) is 1.27. The third kappa shape index (κ3) is 3.35. The number of carboxylic acid groups (broad SMARTS) is 1. The Morgan fingerprint density at radius 2 is 2.09 bits per heavy atom. The normalized spacial score (nSPS) is 13.4. The molecule has 116 valence electrons. The standard InChI is InChI=1S/C16H17NO5/c1-16(10-21-2,15(19)20)17-14(18)12-5-3-4-11(8-12)13-6-7-22-9-13/h3-9H,10H2,1-2H3,(H,17,18)(H,19,20). The van der Waals surface area contributed by atoms with Gasteiger partial charge < -0.3 is 19.6 Å². The zero-order valence-corrected chi connectivity index (χ0v) is 12.3. The fourth-order valence-electron chi connectivity index (χ4n) is 2.03.